The average molecular weight is 277 g/mol. The summed E-state index contributed by atoms with van der Waals surface area (Å²) >= 11 is 0. The van der Waals surface area contributed by atoms with E-state index in [1.54, 1.807) is 0 Å². The Morgan fingerprint density at radius 2 is 1.70 bits per heavy atom. The number of halogens is 1. The second kappa shape index (κ2) is 6.71. The van der Waals surface area contributed by atoms with Crippen LogP contribution in [0.15, 0.2) is 12.1 Å². The molecule has 0 radical (unpaired) electrons. The van der Waals surface area contributed by atoms with E-state index in [2.05, 4.69) is 5.32 Å². The van der Waals surface area contributed by atoms with Crippen molar-refractivity contribution in [2.24, 2.45) is 5.41 Å². The summed E-state index contributed by atoms with van der Waals surface area (Å²) < 4.78 is 13.7. The number of benzene rings is 1. The van der Waals surface area contributed by atoms with Gasteiger partial charge in [0.05, 0.1) is 0 Å². The van der Waals surface area contributed by atoms with E-state index in [0.29, 0.717) is 5.41 Å². The van der Waals surface area contributed by atoms with E-state index in [0.717, 1.165) is 24.1 Å². The minimum atomic E-state index is -0.0421. The van der Waals surface area contributed by atoms with E-state index < -0.39 is 0 Å². The van der Waals surface area contributed by atoms with Gasteiger partial charge >= 0.3 is 0 Å². The van der Waals surface area contributed by atoms with Crippen LogP contribution in [-0.2, 0) is 6.42 Å². The maximum absolute atomic E-state index is 13.7. The molecule has 0 amide bonds. The maximum Gasteiger partial charge on any atom is 0.129 e. The zero-order chi connectivity index (χ0) is 14.6. The van der Waals surface area contributed by atoms with Crippen molar-refractivity contribution in [1.29, 1.82) is 0 Å². The third-order valence-electron chi connectivity index (χ3n) is 5.01. The molecule has 1 saturated carbocycles. The number of nitrogens with one attached hydrogen (secondary N) is 1. The van der Waals surface area contributed by atoms with Crippen LogP contribution in [0.3, 0.4) is 0 Å². The zero-order valence-corrected chi connectivity index (χ0v) is 13.2. The van der Waals surface area contributed by atoms with Gasteiger partial charge in [-0.25, -0.2) is 4.39 Å². The Morgan fingerprint density at radius 3 is 2.25 bits per heavy atom. The molecule has 112 valence electrons. The van der Waals surface area contributed by atoms with Crippen LogP contribution < -0.4 is 5.32 Å². The third-order valence-corrected chi connectivity index (χ3v) is 5.01. The van der Waals surface area contributed by atoms with Crippen LogP contribution in [0, 0.1) is 25.1 Å². The molecule has 1 aromatic carbocycles. The van der Waals surface area contributed by atoms with E-state index in [1.807, 2.05) is 33.0 Å². The van der Waals surface area contributed by atoms with Gasteiger partial charge in [-0.15, -0.1) is 0 Å². The molecule has 1 aliphatic rings. The second-order valence-electron chi connectivity index (χ2n) is 6.60. The molecule has 0 aromatic heterocycles. The van der Waals surface area contributed by atoms with Gasteiger partial charge in [0.2, 0.25) is 0 Å². The summed E-state index contributed by atoms with van der Waals surface area (Å²) in [6, 6.07) is 4.06. The van der Waals surface area contributed by atoms with Crippen LogP contribution in [0.25, 0.3) is 0 Å². The quantitative estimate of drug-likeness (QED) is 0.804. The highest BCUT2D eigenvalue weighted by molar-refractivity contribution is 5.30. The minimum absolute atomic E-state index is 0.0421. The fourth-order valence-corrected chi connectivity index (χ4v) is 3.73. The first-order chi connectivity index (χ1) is 9.56. The Labute approximate surface area is 123 Å². The number of hydrogen-bond acceptors (Lipinski definition) is 1. The van der Waals surface area contributed by atoms with Crippen molar-refractivity contribution in [3.63, 3.8) is 0 Å². The fourth-order valence-electron chi connectivity index (χ4n) is 3.73. The summed E-state index contributed by atoms with van der Waals surface area (Å²) in [4.78, 5) is 0. The Hall–Kier alpha value is -0.890. The molecule has 0 atom stereocenters. The smallest absolute Gasteiger partial charge is 0.129 e. The lowest BCUT2D eigenvalue weighted by molar-refractivity contribution is 0.247. The van der Waals surface area contributed by atoms with Crippen LogP contribution in [0.1, 0.15) is 55.2 Å². The molecule has 1 aliphatic carbocycles. The Balaban J connectivity index is 2.02. The first-order valence-corrected chi connectivity index (χ1v) is 7.97. The van der Waals surface area contributed by atoms with Gasteiger partial charge in [-0.05, 0) is 81.6 Å². The van der Waals surface area contributed by atoms with Crippen LogP contribution in [0.2, 0.25) is 0 Å². The van der Waals surface area contributed by atoms with Crippen LogP contribution in [0.4, 0.5) is 4.39 Å². The third kappa shape index (κ3) is 3.60. The summed E-state index contributed by atoms with van der Waals surface area (Å²) in [5.74, 6) is -0.0421. The largest absolute Gasteiger partial charge is 0.320 e. The van der Waals surface area contributed by atoms with E-state index in [9.17, 15) is 4.39 Å². The fraction of sp³-hybridized carbons (Fsp3) is 0.667. The Bertz CT molecular complexity index is 424. The van der Waals surface area contributed by atoms with E-state index in [4.69, 9.17) is 0 Å². The lowest BCUT2D eigenvalue weighted by Gasteiger charge is -2.29. The van der Waals surface area contributed by atoms with Gasteiger partial charge in [0.15, 0.2) is 0 Å². The highest BCUT2D eigenvalue weighted by atomic mass is 19.1. The van der Waals surface area contributed by atoms with Gasteiger partial charge in [-0.1, -0.05) is 25.0 Å². The van der Waals surface area contributed by atoms with Crippen molar-refractivity contribution in [3.05, 3.63) is 34.6 Å². The van der Waals surface area contributed by atoms with Crippen LogP contribution in [0.5, 0.6) is 0 Å². The molecule has 1 N–H and O–H groups in total. The molecule has 0 bridgehead atoms. The number of rotatable bonds is 6. The lowest BCUT2D eigenvalue weighted by atomic mass is 9.77. The average Bonchev–Trinajstić information content (AvgIpc) is 2.89. The number of aryl methyl sites for hydroxylation is 3. The van der Waals surface area contributed by atoms with E-state index in [1.165, 1.54) is 44.1 Å². The van der Waals surface area contributed by atoms with Crippen LogP contribution in [-0.4, -0.2) is 13.6 Å². The maximum atomic E-state index is 13.7. The molecular formula is C18H28FN. The molecule has 1 aromatic rings. The predicted octanol–water partition coefficient (Wildman–Crippen LogP) is 4.55. The summed E-state index contributed by atoms with van der Waals surface area (Å²) in [5, 5.41) is 3.29. The van der Waals surface area contributed by atoms with E-state index >= 15 is 0 Å². The van der Waals surface area contributed by atoms with Crippen molar-refractivity contribution in [3.8, 4) is 0 Å². The normalized spacial score (nSPS) is 17.6. The van der Waals surface area contributed by atoms with Crippen molar-refractivity contribution in [1.82, 2.24) is 5.32 Å². The molecule has 2 rings (SSSR count). The van der Waals surface area contributed by atoms with Crippen molar-refractivity contribution < 1.29 is 4.39 Å². The Kier molecular flexibility index (Phi) is 5.20. The van der Waals surface area contributed by atoms with Crippen molar-refractivity contribution in [2.75, 3.05) is 13.6 Å². The molecule has 20 heavy (non-hydrogen) atoms. The van der Waals surface area contributed by atoms with Crippen LogP contribution >= 0.6 is 0 Å². The van der Waals surface area contributed by atoms with Gasteiger partial charge in [0.25, 0.3) is 0 Å². The van der Waals surface area contributed by atoms with E-state index in [-0.39, 0.29) is 5.82 Å². The van der Waals surface area contributed by atoms with Gasteiger partial charge < -0.3 is 5.32 Å². The first kappa shape index (κ1) is 15.5. The predicted molar refractivity (Wildman–Crippen MR) is 83.6 cm³/mol. The summed E-state index contributed by atoms with van der Waals surface area (Å²) in [6.45, 7) is 4.86. The molecule has 0 heterocycles. The highest BCUT2D eigenvalue weighted by Crippen LogP contribution is 2.44. The van der Waals surface area contributed by atoms with Gasteiger partial charge in [0.1, 0.15) is 5.82 Å². The molecule has 0 aliphatic heterocycles. The molecule has 1 fully saturated rings. The zero-order valence-electron chi connectivity index (χ0n) is 13.2. The molecular weight excluding hydrogens is 249 g/mol. The first-order valence-electron chi connectivity index (χ1n) is 7.97. The van der Waals surface area contributed by atoms with Crippen molar-refractivity contribution in [2.45, 2.75) is 58.8 Å². The summed E-state index contributed by atoms with van der Waals surface area (Å²) in [6.07, 6.45) is 9.12. The van der Waals surface area contributed by atoms with Gasteiger partial charge in [-0.3, -0.25) is 0 Å². The van der Waals surface area contributed by atoms with Gasteiger partial charge in [0, 0.05) is 0 Å². The molecule has 2 heteroatoms. The number of hydrogen-bond donors (Lipinski definition) is 1. The molecule has 0 unspecified atom stereocenters. The SMILES string of the molecule is CNCCC1(CCc2cc(C)c(F)c(C)c2)CCCC1. The molecule has 0 saturated heterocycles. The minimum Gasteiger partial charge on any atom is -0.320 e. The lowest BCUT2D eigenvalue weighted by Crippen LogP contribution is -2.23. The highest BCUT2D eigenvalue weighted by Gasteiger charge is 2.32. The monoisotopic (exact) mass is 277 g/mol. The molecule has 1 nitrogen and oxygen atoms in total. The topological polar surface area (TPSA) is 12.0 Å². The second-order valence-corrected chi connectivity index (χ2v) is 6.60. The molecule has 0 spiro atoms. The summed E-state index contributed by atoms with van der Waals surface area (Å²) in [5.41, 5.74) is 3.41. The van der Waals surface area contributed by atoms with Gasteiger partial charge in [-0.2, -0.15) is 0 Å². The van der Waals surface area contributed by atoms with Crippen molar-refractivity contribution >= 4 is 0 Å². The standard InChI is InChI=1S/C18H28FN/c1-14-12-16(13-15(2)17(14)19)6-9-18(10-11-20-3)7-4-5-8-18/h12-13,20H,4-11H2,1-3H3. The summed E-state index contributed by atoms with van der Waals surface area (Å²) in [7, 11) is 2.04. The Morgan fingerprint density at radius 1 is 1.10 bits per heavy atom.